The Morgan fingerprint density at radius 1 is 1.40 bits per heavy atom. The number of amides is 2. The quantitative estimate of drug-likeness (QED) is 0.692. The van der Waals surface area contributed by atoms with E-state index >= 15 is 0 Å². The van der Waals surface area contributed by atoms with E-state index in [-0.39, 0.29) is 18.0 Å². The number of hydrogen-bond donors (Lipinski definition) is 2. The molecule has 0 bridgehead atoms. The smallest absolute Gasteiger partial charge is 0.411 e. The summed E-state index contributed by atoms with van der Waals surface area (Å²) < 4.78 is 5.47. The number of nitrogens with one attached hydrogen (secondary N) is 2. The minimum atomic E-state index is -0.759. The lowest BCUT2D eigenvalue weighted by Crippen LogP contribution is -2.70. The van der Waals surface area contributed by atoms with Gasteiger partial charge in [0.2, 0.25) is 5.91 Å². The molecule has 0 aliphatic carbocycles. The normalized spacial score (nSPS) is 31.1. The highest BCUT2D eigenvalue weighted by Crippen LogP contribution is 2.32. The topological polar surface area (TPSA) is 70.7 Å². The molecule has 2 rings (SSSR count). The number of nitrogens with zero attached hydrogens (tertiary/aromatic N) is 1. The largest absolute Gasteiger partial charge is 0.444 e. The Bertz CT molecular complexity index is 405. The standard InChI is InChI=1S/C14H25N3O3/c1-10-9-14(5-6-15-10)11(18)16-7-8-17(14)12(19)20-13(2,3)4/h10,15H,5-9H2,1-4H3,(H,16,18). The number of carbonyl (C=O) groups is 2. The first kappa shape index (κ1) is 15.1. The van der Waals surface area contributed by atoms with E-state index in [0.29, 0.717) is 25.9 Å². The van der Waals surface area contributed by atoms with Crippen molar-refractivity contribution in [1.29, 1.82) is 0 Å². The maximum Gasteiger partial charge on any atom is 0.411 e. The van der Waals surface area contributed by atoms with Gasteiger partial charge in [-0.05, 0) is 47.1 Å². The molecule has 20 heavy (non-hydrogen) atoms. The van der Waals surface area contributed by atoms with Crippen LogP contribution >= 0.6 is 0 Å². The fraction of sp³-hybridized carbons (Fsp3) is 0.857. The van der Waals surface area contributed by atoms with E-state index < -0.39 is 11.1 Å². The molecule has 2 heterocycles. The van der Waals surface area contributed by atoms with Crippen LogP contribution in [0.1, 0.15) is 40.5 Å². The summed E-state index contributed by atoms with van der Waals surface area (Å²) in [5.41, 5.74) is -1.31. The summed E-state index contributed by atoms with van der Waals surface area (Å²) in [5.74, 6) is -0.0528. The molecule has 1 spiro atoms. The summed E-state index contributed by atoms with van der Waals surface area (Å²) in [6.45, 7) is 9.28. The highest BCUT2D eigenvalue weighted by Gasteiger charge is 2.51. The second-order valence-corrected chi connectivity index (χ2v) is 6.73. The van der Waals surface area contributed by atoms with Crippen molar-refractivity contribution >= 4 is 12.0 Å². The molecule has 6 heteroatoms. The summed E-state index contributed by atoms with van der Waals surface area (Å²) in [6, 6.07) is 0.206. The lowest BCUT2D eigenvalue weighted by Gasteiger charge is -2.49. The number of piperazine rings is 1. The second kappa shape index (κ2) is 5.24. The zero-order valence-electron chi connectivity index (χ0n) is 12.8. The predicted octanol–water partition coefficient (Wildman–Crippen LogP) is 0.864. The molecule has 2 amide bonds. The third-order valence-electron chi connectivity index (χ3n) is 3.85. The van der Waals surface area contributed by atoms with E-state index in [4.69, 9.17) is 4.74 Å². The van der Waals surface area contributed by atoms with Crippen molar-refractivity contribution in [2.45, 2.75) is 57.7 Å². The molecule has 6 nitrogen and oxygen atoms in total. The summed E-state index contributed by atoms with van der Waals surface area (Å²) >= 11 is 0. The fourth-order valence-electron chi connectivity index (χ4n) is 3.02. The van der Waals surface area contributed by atoms with E-state index in [1.165, 1.54) is 0 Å². The maximum absolute atomic E-state index is 12.4. The van der Waals surface area contributed by atoms with Gasteiger partial charge in [-0.15, -0.1) is 0 Å². The summed E-state index contributed by atoms with van der Waals surface area (Å²) in [4.78, 5) is 26.5. The van der Waals surface area contributed by atoms with E-state index in [2.05, 4.69) is 10.6 Å². The van der Waals surface area contributed by atoms with E-state index in [1.54, 1.807) is 4.90 Å². The van der Waals surface area contributed by atoms with Crippen molar-refractivity contribution in [3.63, 3.8) is 0 Å². The summed E-state index contributed by atoms with van der Waals surface area (Å²) in [7, 11) is 0. The van der Waals surface area contributed by atoms with E-state index in [1.807, 2.05) is 27.7 Å². The third kappa shape index (κ3) is 2.90. The van der Waals surface area contributed by atoms with Gasteiger partial charge in [-0.25, -0.2) is 4.79 Å². The Labute approximate surface area is 120 Å². The Kier molecular flexibility index (Phi) is 3.95. The first-order chi connectivity index (χ1) is 9.24. The van der Waals surface area contributed by atoms with Crippen LogP contribution in [0.15, 0.2) is 0 Å². The molecule has 2 unspecified atom stereocenters. The highest BCUT2D eigenvalue weighted by atomic mass is 16.6. The van der Waals surface area contributed by atoms with E-state index in [0.717, 1.165) is 6.54 Å². The van der Waals surface area contributed by atoms with Crippen LogP contribution in [0, 0.1) is 0 Å². The van der Waals surface area contributed by atoms with Crippen LogP contribution in [0.4, 0.5) is 4.79 Å². The average molecular weight is 283 g/mol. The zero-order chi connectivity index (χ0) is 15.0. The molecule has 0 saturated carbocycles. The first-order valence-electron chi connectivity index (χ1n) is 7.27. The molecule has 2 atom stereocenters. The van der Waals surface area contributed by atoms with Gasteiger partial charge in [0, 0.05) is 19.1 Å². The molecule has 2 saturated heterocycles. The van der Waals surface area contributed by atoms with Crippen molar-refractivity contribution in [1.82, 2.24) is 15.5 Å². The van der Waals surface area contributed by atoms with Crippen molar-refractivity contribution in [2.24, 2.45) is 0 Å². The second-order valence-electron chi connectivity index (χ2n) is 6.73. The minimum Gasteiger partial charge on any atom is -0.444 e. The van der Waals surface area contributed by atoms with Crippen LogP contribution in [0.3, 0.4) is 0 Å². The molecule has 0 aromatic heterocycles. The van der Waals surface area contributed by atoms with Crippen molar-refractivity contribution < 1.29 is 14.3 Å². The van der Waals surface area contributed by atoms with Crippen LogP contribution in [-0.4, -0.2) is 53.7 Å². The Balaban J connectivity index is 2.24. The average Bonchev–Trinajstić information content (AvgIpc) is 2.30. The van der Waals surface area contributed by atoms with Gasteiger partial charge in [0.05, 0.1) is 0 Å². The molecule has 114 valence electrons. The van der Waals surface area contributed by atoms with Gasteiger partial charge >= 0.3 is 6.09 Å². The number of rotatable bonds is 0. The van der Waals surface area contributed by atoms with Gasteiger partial charge in [0.15, 0.2) is 0 Å². The maximum atomic E-state index is 12.4. The van der Waals surface area contributed by atoms with Crippen LogP contribution in [0.25, 0.3) is 0 Å². The summed E-state index contributed by atoms with van der Waals surface area (Å²) in [5, 5.41) is 6.22. The molecule has 2 aliphatic rings. The molecule has 0 radical (unpaired) electrons. The number of hydrogen-bond acceptors (Lipinski definition) is 4. The monoisotopic (exact) mass is 283 g/mol. The predicted molar refractivity (Wildman–Crippen MR) is 75.4 cm³/mol. The minimum absolute atomic E-state index is 0.0528. The molecular formula is C14H25N3O3. The van der Waals surface area contributed by atoms with E-state index in [9.17, 15) is 9.59 Å². The number of carbonyl (C=O) groups excluding carboxylic acids is 2. The molecule has 2 aliphatic heterocycles. The first-order valence-corrected chi connectivity index (χ1v) is 7.27. The lowest BCUT2D eigenvalue weighted by molar-refractivity contribution is -0.139. The number of ether oxygens (including phenoxy) is 1. The SMILES string of the molecule is CC1CC2(CCN1)C(=O)NCCN2C(=O)OC(C)(C)C. The van der Waals surface area contributed by atoms with Crippen molar-refractivity contribution in [3.8, 4) is 0 Å². The van der Waals surface area contributed by atoms with Gasteiger partial charge < -0.3 is 15.4 Å². The summed E-state index contributed by atoms with van der Waals surface area (Å²) in [6.07, 6.45) is 0.863. The lowest BCUT2D eigenvalue weighted by atomic mass is 9.81. The van der Waals surface area contributed by atoms with Crippen molar-refractivity contribution in [2.75, 3.05) is 19.6 Å². The van der Waals surface area contributed by atoms with Gasteiger partial charge in [0.1, 0.15) is 11.1 Å². The van der Waals surface area contributed by atoms with Crippen molar-refractivity contribution in [3.05, 3.63) is 0 Å². The molecule has 2 fully saturated rings. The highest BCUT2D eigenvalue weighted by molar-refractivity contribution is 5.91. The Morgan fingerprint density at radius 3 is 2.70 bits per heavy atom. The Morgan fingerprint density at radius 2 is 2.10 bits per heavy atom. The fourth-order valence-corrected chi connectivity index (χ4v) is 3.02. The molecular weight excluding hydrogens is 258 g/mol. The molecule has 0 aromatic carbocycles. The zero-order valence-corrected chi connectivity index (χ0v) is 12.8. The van der Waals surface area contributed by atoms with Gasteiger partial charge in [-0.2, -0.15) is 0 Å². The Hall–Kier alpha value is -1.30. The van der Waals surface area contributed by atoms with Crippen LogP contribution in [-0.2, 0) is 9.53 Å². The van der Waals surface area contributed by atoms with Gasteiger partial charge in [0.25, 0.3) is 0 Å². The van der Waals surface area contributed by atoms with Gasteiger partial charge in [-0.1, -0.05) is 0 Å². The molecule has 2 N–H and O–H groups in total. The van der Waals surface area contributed by atoms with Gasteiger partial charge in [-0.3, -0.25) is 9.69 Å². The van der Waals surface area contributed by atoms with Crippen LogP contribution < -0.4 is 10.6 Å². The molecule has 0 aromatic rings. The van der Waals surface area contributed by atoms with Crippen LogP contribution in [0.2, 0.25) is 0 Å². The number of piperidine rings is 1. The van der Waals surface area contributed by atoms with Crippen LogP contribution in [0.5, 0.6) is 0 Å². The third-order valence-corrected chi connectivity index (χ3v) is 3.85.